The second-order valence-corrected chi connectivity index (χ2v) is 5.03. The van der Waals surface area contributed by atoms with E-state index < -0.39 is 0 Å². The number of nitrogens with two attached hydrogens (primary N) is 1. The molecule has 0 aromatic heterocycles. The molecular formula is C18H29N. The van der Waals surface area contributed by atoms with Gasteiger partial charge in [-0.05, 0) is 36.5 Å². The molecule has 0 saturated carbocycles. The lowest BCUT2D eigenvalue weighted by Gasteiger charge is -2.07. The Balaban J connectivity index is 4.61. The minimum absolute atomic E-state index is 0.353. The predicted octanol–water partition coefficient (Wildman–Crippen LogP) is 5.15. The number of hydrogen-bond acceptors (Lipinski definition) is 1. The van der Waals surface area contributed by atoms with E-state index in [1.807, 2.05) is 12.2 Å². The van der Waals surface area contributed by atoms with E-state index in [1.165, 1.54) is 5.57 Å². The van der Waals surface area contributed by atoms with Crippen LogP contribution >= 0.6 is 0 Å². The molecule has 0 fully saturated rings. The number of rotatable bonds is 8. The zero-order chi connectivity index (χ0) is 14.7. The monoisotopic (exact) mass is 259 g/mol. The van der Waals surface area contributed by atoms with Crippen LogP contribution in [0.4, 0.5) is 0 Å². The summed E-state index contributed by atoms with van der Waals surface area (Å²) < 4.78 is 0. The zero-order valence-electron chi connectivity index (χ0n) is 12.9. The van der Waals surface area contributed by atoms with Crippen molar-refractivity contribution in [2.45, 2.75) is 40.5 Å². The smallest absolute Gasteiger partial charge is 0.00614 e. The van der Waals surface area contributed by atoms with Gasteiger partial charge < -0.3 is 5.73 Å². The highest BCUT2D eigenvalue weighted by molar-refractivity contribution is 5.30. The summed E-state index contributed by atoms with van der Waals surface area (Å²) in [6.45, 7) is 12.7. The molecule has 106 valence electrons. The molecule has 0 spiro atoms. The van der Waals surface area contributed by atoms with E-state index in [4.69, 9.17) is 5.73 Å². The van der Waals surface area contributed by atoms with Crippen LogP contribution < -0.4 is 5.73 Å². The molecule has 2 N–H and O–H groups in total. The molecule has 0 aliphatic rings. The van der Waals surface area contributed by atoms with Crippen molar-refractivity contribution in [1.82, 2.24) is 0 Å². The Labute approximate surface area is 119 Å². The lowest BCUT2D eigenvalue weighted by atomic mass is 9.99. The minimum Gasteiger partial charge on any atom is -0.405 e. The summed E-state index contributed by atoms with van der Waals surface area (Å²) in [6, 6.07) is 0. The van der Waals surface area contributed by atoms with Gasteiger partial charge in [0.25, 0.3) is 0 Å². The average Bonchev–Trinajstić information content (AvgIpc) is 2.38. The van der Waals surface area contributed by atoms with Crippen LogP contribution in [-0.2, 0) is 0 Å². The predicted molar refractivity (Wildman–Crippen MR) is 87.7 cm³/mol. The van der Waals surface area contributed by atoms with Crippen molar-refractivity contribution in [3.63, 3.8) is 0 Å². The second-order valence-electron chi connectivity index (χ2n) is 5.03. The third-order valence-electron chi connectivity index (χ3n) is 3.13. The standard InChI is InChI=1S/C18H29N/c1-6-17(12-11-16(5)13-14-19)9-8-10-18(7-2)15(3)4/h6,9-16H,1,7-8,19H2,2-5H3/b12-11+,14-13+,17-9+,18-10?. The molecule has 1 atom stereocenters. The van der Waals surface area contributed by atoms with Crippen molar-refractivity contribution in [1.29, 1.82) is 0 Å². The van der Waals surface area contributed by atoms with Crippen LogP contribution in [0.3, 0.4) is 0 Å². The Morgan fingerprint density at radius 2 is 1.84 bits per heavy atom. The molecule has 1 nitrogen and oxygen atoms in total. The fraction of sp³-hybridized carbons (Fsp3) is 0.444. The maximum absolute atomic E-state index is 5.37. The van der Waals surface area contributed by atoms with Crippen molar-refractivity contribution in [3.8, 4) is 0 Å². The van der Waals surface area contributed by atoms with Gasteiger partial charge in [-0.1, -0.05) is 76.3 Å². The second kappa shape index (κ2) is 10.4. The van der Waals surface area contributed by atoms with E-state index in [0.29, 0.717) is 11.8 Å². The van der Waals surface area contributed by atoms with E-state index in [0.717, 1.165) is 18.4 Å². The molecule has 0 rings (SSSR count). The van der Waals surface area contributed by atoms with Crippen LogP contribution in [0.15, 0.2) is 60.4 Å². The van der Waals surface area contributed by atoms with Crippen LogP contribution in [0, 0.1) is 11.8 Å². The fourth-order valence-corrected chi connectivity index (χ4v) is 1.86. The molecule has 0 heterocycles. The Hall–Kier alpha value is -1.50. The van der Waals surface area contributed by atoms with Gasteiger partial charge in [-0.3, -0.25) is 0 Å². The molecule has 0 aromatic carbocycles. The molecule has 1 unspecified atom stereocenters. The summed E-state index contributed by atoms with van der Waals surface area (Å²) in [6.07, 6.45) is 16.3. The van der Waals surface area contributed by atoms with Gasteiger partial charge >= 0.3 is 0 Å². The van der Waals surface area contributed by atoms with Crippen molar-refractivity contribution in [3.05, 3.63) is 60.4 Å². The normalized spacial score (nSPS) is 15.6. The molecule has 1 heteroatoms. The molecule has 0 aromatic rings. The number of allylic oxidation sites excluding steroid dienone is 8. The molecule has 0 radical (unpaired) electrons. The van der Waals surface area contributed by atoms with E-state index in [2.05, 4.69) is 58.6 Å². The van der Waals surface area contributed by atoms with Gasteiger partial charge in [0.15, 0.2) is 0 Å². The molecule has 0 amide bonds. The van der Waals surface area contributed by atoms with E-state index >= 15 is 0 Å². The Kier molecular flexibility index (Phi) is 9.60. The van der Waals surface area contributed by atoms with E-state index in [1.54, 1.807) is 6.20 Å². The molecule has 0 bridgehead atoms. The van der Waals surface area contributed by atoms with Gasteiger partial charge in [0.2, 0.25) is 0 Å². The van der Waals surface area contributed by atoms with Crippen LogP contribution in [0.25, 0.3) is 0 Å². The summed E-state index contributed by atoms with van der Waals surface area (Å²) in [5, 5.41) is 0. The van der Waals surface area contributed by atoms with Gasteiger partial charge in [-0.25, -0.2) is 0 Å². The third kappa shape index (κ3) is 8.25. The van der Waals surface area contributed by atoms with Crippen molar-refractivity contribution >= 4 is 0 Å². The maximum Gasteiger partial charge on any atom is -0.00614 e. The Bertz CT molecular complexity index is 367. The van der Waals surface area contributed by atoms with E-state index in [-0.39, 0.29) is 0 Å². The summed E-state index contributed by atoms with van der Waals surface area (Å²) >= 11 is 0. The summed E-state index contributed by atoms with van der Waals surface area (Å²) in [5.41, 5.74) is 8.05. The zero-order valence-corrected chi connectivity index (χ0v) is 12.9. The van der Waals surface area contributed by atoms with Crippen molar-refractivity contribution < 1.29 is 0 Å². The lowest BCUT2D eigenvalue weighted by molar-refractivity contribution is 0.727. The highest BCUT2D eigenvalue weighted by atomic mass is 14.5. The van der Waals surface area contributed by atoms with Gasteiger partial charge in [-0.2, -0.15) is 0 Å². The van der Waals surface area contributed by atoms with Crippen LogP contribution in [-0.4, -0.2) is 0 Å². The first-order valence-corrected chi connectivity index (χ1v) is 7.13. The van der Waals surface area contributed by atoms with E-state index in [9.17, 15) is 0 Å². The van der Waals surface area contributed by atoms with Gasteiger partial charge in [-0.15, -0.1) is 0 Å². The van der Waals surface area contributed by atoms with Gasteiger partial charge in [0, 0.05) is 0 Å². The Morgan fingerprint density at radius 3 is 2.32 bits per heavy atom. The molecule has 0 saturated heterocycles. The summed E-state index contributed by atoms with van der Waals surface area (Å²) in [4.78, 5) is 0. The van der Waals surface area contributed by atoms with Crippen molar-refractivity contribution in [2.24, 2.45) is 17.6 Å². The highest BCUT2D eigenvalue weighted by Gasteiger charge is 1.98. The lowest BCUT2D eigenvalue weighted by Crippen LogP contribution is -1.91. The highest BCUT2D eigenvalue weighted by Crippen LogP contribution is 2.15. The molecule has 0 aliphatic heterocycles. The van der Waals surface area contributed by atoms with Crippen molar-refractivity contribution in [2.75, 3.05) is 0 Å². The van der Waals surface area contributed by atoms with Gasteiger partial charge in [0.1, 0.15) is 0 Å². The van der Waals surface area contributed by atoms with Gasteiger partial charge in [0.05, 0.1) is 0 Å². The summed E-state index contributed by atoms with van der Waals surface area (Å²) in [7, 11) is 0. The molecule has 19 heavy (non-hydrogen) atoms. The quantitative estimate of drug-likeness (QED) is 0.473. The average molecular weight is 259 g/mol. The first kappa shape index (κ1) is 17.5. The molecular weight excluding hydrogens is 230 g/mol. The summed E-state index contributed by atoms with van der Waals surface area (Å²) in [5.74, 6) is 0.988. The number of hydrogen-bond donors (Lipinski definition) is 1. The first-order chi connectivity index (χ1) is 9.04. The fourth-order valence-electron chi connectivity index (χ4n) is 1.86. The first-order valence-electron chi connectivity index (χ1n) is 7.13. The van der Waals surface area contributed by atoms with Crippen LogP contribution in [0.2, 0.25) is 0 Å². The topological polar surface area (TPSA) is 26.0 Å². The molecule has 0 aliphatic carbocycles. The SMILES string of the molecule is C=CC(/C=C/C(C)/C=C/N)=C\CC=C(CC)C(C)C. The van der Waals surface area contributed by atoms with Crippen LogP contribution in [0.1, 0.15) is 40.5 Å². The Morgan fingerprint density at radius 1 is 1.16 bits per heavy atom. The minimum atomic E-state index is 0.353. The third-order valence-corrected chi connectivity index (χ3v) is 3.13. The van der Waals surface area contributed by atoms with Crippen LogP contribution in [0.5, 0.6) is 0 Å². The maximum atomic E-state index is 5.37. The largest absolute Gasteiger partial charge is 0.405 e.